The second-order valence-corrected chi connectivity index (χ2v) is 10.8. The van der Waals surface area contributed by atoms with Gasteiger partial charge in [-0.1, -0.05) is 80.1 Å². The van der Waals surface area contributed by atoms with E-state index >= 15 is 0 Å². The van der Waals surface area contributed by atoms with Crippen molar-refractivity contribution >= 4 is 0 Å². The molecule has 2 rings (SSSR count). The van der Waals surface area contributed by atoms with E-state index in [4.69, 9.17) is 0 Å². The molecule has 0 heterocycles. The Labute approximate surface area is 159 Å². The van der Waals surface area contributed by atoms with Gasteiger partial charge in [-0.05, 0) is 79.4 Å². The lowest BCUT2D eigenvalue weighted by atomic mass is 9.58. The number of hydrogen-bond acceptors (Lipinski definition) is 0. The van der Waals surface area contributed by atoms with E-state index in [0.29, 0.717) is 5.41 Å². The van der Waals surface area contributed by atoms with Crippen LogP contribution in [0.4, 0.5) is 0 Å². The molecule has 0 aliphatic heterocycles. The summed E-state index contributed by atoms with van der Waals surface area (Å²) in [7, 11) is 0. The van der Waals surface area contributed by atoms with Crippen LogP contribution in [0.25, 0.3) is 0 Å². The quantitative estimate of drug-likeness (QED) is 0.412. The van der Waals surface area contributed by atoms with Crippen molar-refractivity contribution in [2.24, 2.45) is 40.9 Å². The van der Waals surface area contributed by atoms with E-state index < -0.39 is 0 Å². The summed E-state index contributed by atoms with van der Waals surface area (Å²) >= 11 is 0. The summed E-state index contributed by atoms with van der Waals surface area (Å²) in [6, 6.07) is 0. The maximum absolute atomic E-state index is 2.63. The Morgan fingerprint density at radius 3 is 1.24 bits per heavy atom. The van der Waals surface area contributed by atoms with Gasteiger partial charge in [0.25, 0.3) is 0 Å². The summed E-state index contributed by atoms with van der Waals surface area (Å²) < 4.78 is 0. The Kier molecular flexibility index (Phi) is 8.35. The van der Waals surface area contributed by atoms with E-state index in [1.807, 2.05) is 0 Å². The van der Waals surface area contributed by atoms with Crippen LogP contribution in [-0.4, -0.2) is 0 Å². The third-order valence-corrected chi connectivity index (χ3v) is 8.66. The fraction of sp³-hybridized carbons (Fsp3) is 1.00. The van der Waals surface area contributed by atoms with Crippen LogP contribution in [-0.2, 0) is 0 Å². The molecule has 0 aromatic carbocycles. The van der Waals surface area contributed by atoms with E-state index in [2.05, 4.69) is 41.5 Å². The van der Waals surface area contributed by atoms with Crippen molar-refractivity contribution in [3.63, 3.8) is 0 Å². The largest absolute Gasteiger partial charge is 0.0651 e. The van der Waals surface area contributed by atoms with Crippen LogP contribution in [0.3, 0.4) is 0 Å². The smallest absolute Gasteiger partial charge is 0.0298 e. The molecule has 25 heavy (non-hydrogen) atoms. The molecule has 0 saturated heterocycles. The first-order valence-electron chi connectivity index (χ1n) is 11.9. The standard InChI is InChI=1S/C25H48/c1-7-19(3)17-21-9-13-23(14-10-21)25(5,6)24-15-11-22(12-16-24)18-20(4)8-2/h19-24H,7-18H2,1-6H3. The summed E-state index contributed by atoms with van der Waals surface area (Å²) in [4.78, 5) is 0. The first-order chi connectivity index (χ1) is 11.9. The van der Waals surface area contributed by atoms with Gasteiger partial charge in [0.2, 0.25) is 0 Å². The lowest BCUT2D eigenvalue weighted by molar-refractivity contribution is 0.0342. The van der Waals surface area contributed by atoms with Gasteiger partial charge in [-0.25, -0.2) is 0 Å². The molecule has 2 fully saturated rings. The minimum absolute atomic E-state index is 0.586. The van der Waals surface area contributed by atoms with Crippen molar-refractivity contribution in [3.8, 4) is 0 Å². The summed E-state index contributed by atoms with van der Waals surface area (Å²) in [5.41, 5.74) is 0.586. The van der Waals surface area contributed by atoms with E-state index in [1.165, 1.54) is 77.0 Å². The van der Waals surface area contributed by atoms with Gasteiger partial charge in [0.1, 0.15) is 0 Å². The maximum Gasteiger partial charge on any atom is -0.0298 e. The Bertz CT molecular complexity index is 318. The first kappa shape index (κ1) is 21.3. The van der Waals surface area contributed by atoms with Crippen LogP contribution in [0.1, 0.15) is 119 Å². The zero-order valence-corrected chi connectivity index (χ0v) is 18.4. The minimum atomic E-state index is 0.586. The molecule has 0 heteroatoms. The molecule has 0 bridgehead atoms. The zero-order chi connectivity index (χ0) is 18.4. The molecule has 0 amide bonds. The molecule has 0 spiro atoms. The summed E-state index contributed by atoms with van der Waals surface area (Å²) in [6.07, 6.45) is 17.8. The van der Waals surface area contributed by atoms with E-state index in [-0.39, 0.29) is 0 Å². The molecule has 2 aliphatic carbocycles. The highest BCUT2D eigenvalue weighted by Gasteiger charge is 2.40. The fourth-order valence-electron chi connectivity index (χ4n) is 6.09. The maximum atomic E-state index is 2.63. The Morgan fingerprint density at radius 1 is 0.640 bits per heavy atom. The fourth-order valence-corrected chi connectivity index (χ4v) is 6.09. The van der Waals surface area contributed by atoms with Crippen LogP contribution < -0.4 is 0 Å². The average molecular weight is 349 g/mol. The molecule has 0 nitrogen and oxygen atoms in total. The van der Waals surface area contributed by atoms with Crippen molar-refractivity contribution < 1.29 is 0 Å². The predicted octanol–water partition coefficient (Wildman–Crippen LogP) is 8.50. The third-order valence-electron chi connectivity index (χ3n) is 8.66. The van der Waals surface area contributed by atoms with Crippen molar-refractivity contribution in [1.29, 1.82) is 0 Å². The van der Waals surface area contributed by atoms with Gasteiger partial charge in [-0.2, -0.15) is 0 Å². The van der Waals surface area contributed by atoms with Crippen LogP contribution >= 0.6 is 0 Å². The zero-order valence-electron chi connectivity index (χ0n) is 18.4. The Morgan fingerprint density at radius 2 is 0.960 bits per heavy atom. The van der Waals surface area contributed by atoms with Crippen LogP contribution in [0.5, 0.6) is 0 Å². The van der Waals surface area contributed by atoms with Gasteiger partial charge in [0.15, 0.2) is 0 Å². The molecular weight excluding hydrogens is 300 g/mol. The van der Waals surface area contributed by atoms with Gasteiger partial charge in [0, 0.05) is 0 Å². The molecule has 2 unspecified atom stereocenters. The second-order valence-electron chi connectivity index (χ2n) is 10.8. The molecule has 2 saturated carbocycles. The molecule has 2 atom stereocenters. The van der Waals surface area contributed by atoms with Crippen molar-refractivity contribution in [2.45, 2.75) is 119 Å². The molecule has 0 radical (unpaired) electrons. The van der Waals surface area contributed by atoms with Crippen LogP contribution in [0, 0.1) is 40.9 Å². The summed E-state index contributed by atoms with van der Waals surface area (Å²) in [5, 5.41) is 0. The normalized spacial score (nSPS) is 33.8. The van der Waals surface area contributed by atoms with Crippen LogP contribution in [0.15, 0.2) is 0 Å². The van der Waals surface area contributed by atoms with Crippen molar-refractivity contribution in [3.05, 3.63) is 0 Å². The van der Waals surface area contributed by atoms with Gasteiger partial charge < -0.3 is 0 Å². The monoisotopic (exact) mass is 348 g/mol. The number of hydrogen-bond donors (Lipinski definition) is 0. The lowest BCUT2D eigenvalue weighted by Gasteiger charge is -2.47. The van der Waals surface area contributed by atoms with E-state index in [9.17, 15) is 0 Å². The topological polar surface area (TPSA) is 0 Å². The molecule has 148 valence electrons. The third kappa shape index (κ3) is 6.00. The van der Waals surface area contributed by atoms with Crippen molar-refractivity contribution in [1.82, 2.24) is 0 Å². The van der Waals surface area contributed by atoms with E-state index in [1.54, 1.807) is 0 Å². The predicted molar refractivity (Wildman–Crippen MR) is 113 cm³/mol. The van der Waals surface area contributed by atoms with Gasteiger partial charge in [-0.3, -0.25) is 0 Å². The van der Waals surface area contributed by atoms with Crippen molar-refractivity contribution in [2.75, 3.05) is 0 Å². The highest BCUT2D eigenvalue weighted by molar-refractivity contribution is 4.90. The lowest BCUT2D eigenvalue weighted by Crippen LogP contribution is -2.37. The molecular formula is C25H48. The highest BCUT2D eigenvalue weighted by Crippen LogP contribution is 2.50. The molecule has 0 N–H and O–H groups in total. The van der Waals surface area contributed by atoms with Gasteiger partial charge >= 0.3 is 0 Å². The van der Waals surface area contributed by atoms with Gasteiger partial charge in [0.05, 0.1) is 0 Å². The Balaban J connectivity index is 1.78. The molecule has 0 aromatic heterocycles. The molecule has 2 aliphatic rings. The van der Waals surface area contributed by atoms with Crippen LogP contribution in [0.2, 0.25) is 0 Å². The highest BCUT2D eigenvalue weighted by atomic mass is 14.5. The van der Waals surface area contributed by atoms with Gasteiger partial charge in [-0.15, -0.1) is 0 Å². The minimum Gasteiger partial charge on any atom is -0.0651 e. The summed E-state index contributed by atoms with van der Waals surface area (Å²) in [6.45, 7) is 14.9. The number of rotatable bonds is 8. The molecule has 0 aromatic rings. The van der Waals surface area contributed by atoms with E-state index in [0.717, 1.165) is 35.5 Å². The second kappa shape index (κ2) is 9.80. The SMILES string of the molecule is CCC(C)CC1CCC(C(C)(C)C2CCC(CC(C)CC)CC2)CC1. The average Bonchev–Trinajstić information content (AvgIpc) is 2.62. The first-order valence-corrected chi connectivity index (χ1v) is 11.9. The Hall–Kier alpha value is 0. The summed E-state index contributed by atoms with van der Waals surface area (Å²) in [5.74, 6) is 5.95.